The summed E-state index contributed by atoms with van der Waals surface area (Å²) in [6, 6.07) is 29.1. The topological polar surface area (TPSA) is 129 Å². The molecule has 1 heterocycles. The van der Waals surface area contributed by atoms with E-state index in [1.165, 1.54) is 4.90 Å². The molecule has 1 unspecified atom stereocenters. The quantitative estimate of drug-likeness (QED) is 0.221. The van der Waals surface area contributed by atoms with Gasteiger partial charge in [-0.05, 0) is 39.9 Å². The van der Waals surface area contributed by atoms with Crippen molar-refractivity contribution in [2.75, 3.05) is 19.8 Å². The second-order valence-corrected chi connectivity index (χ2v) is 10.2. The Morgan fingerprint density at radius 1 is 0.738 bits per heavy atom. The van der Waals surface area contributed by atoms with E-state index in [1.807, 2.05) is 84.9 Å². The lowest BCUT2D eigenvalue weighted by Gasteiger charge is -2.23. The number of hydrogen-bond acceptors (Lipinski definition) is 5. The number of anilines is 1. The van der Waals surface area contributed by atoms with Gasteiger partial charge >= 0.3 is 6.03 Å². The van der Waals surface area contributed by atoms with Gasteiger partial charge in [0.05, 0.1) is 5.92 Å². The maximum absolute atomic E-state index is 13.8. The van der Waals surface area contributed by atoms with E-state index >= 15 is 0 Å². The van der Waals surface area contributed by atoms with E-state index in [2.05, 4.69) is 20.9 Å². The SMILES string of the molecule is CN(C)C(=O)NCc1ccc(CNC(=O)C(Cc2ccnc(N)c2)NC(=O)C(c2ccccc2)c2ccccc2)cc1. The zero-order chi connectivity index (χ0) is 29.9. The zero-order valence-electron chi connectivity index (χ0n) is 23.8. The van der Waals surface area contributed by atoms with Crippen molar-refractivity contribution in [2.45, 2.75) is 31.5 Å². The molecule has 4 amide bonds. The standard InChI is InChI=1S/C33H36N6O3/c1-39(2)33(42)37-22-24-15-13-23(14-16-24)21-36-31(40)28(19-25-17-18-35-29(34)20-25)38-32(41)30(26-9-5-3-6-10-26)27-11-7-4-8-12-27/h3-18,20,28,30H,19,21-22H2,1-2H3,(H2,34,35)(H,36,40)(H,37,42)(H,38,41). The van der Waals surface area contributed by atoms with Gasteiger partial charge in [0.1, 0.15) is 11.9 Å². The Hall–Kier alpha value is -5.18. The van der Waals surface area contributed by atoms with E-state index in [4.69, 9.17) is 5.73 Å². The van der Waals surface area contributed by atoms with Gasteiger partial charge in [0.2, 0.25) is 11.8 Å². The van der Waals surface area contributed by atoms with Crippen LogP contribution in [0.5, 0.6) is 0 Å². The number of benzene rings is 3. The number of pyridine rings is 1. The Labute approximate surface area is 246 Å². The number of nitrogens with one attached hydrogen (secondary N) is 3. The van der Waals surface area contributed by atoms with Gasteiger partial charge in [0, 0.05) is 39.8 Å². The molecule has 0 aliphatic carbocycles. The third-order valence-corrected chi connectivity index (χ3v) is 6.79. The number of urea groups is 1. The number of carbonyl (C=O) groups is 3. The second-order valence-electron chi connectivity index (χ2n) is 10.2. The lowest BCUT2D eigenvalue weighted by atomic mass is 9.90. The summed E-state index contributed by atoms with van der Waals surface area (Å²) in [6.07, 6.45) is 1.83. The summed E-state index contributed by atoms with van der Waals surface area (Å²) < 4.78 is 0. The van der Waals surface area contributed by atoms with Crippen LogP contribution in [0.4, 0.5) is 10.6 Å². The Balaban J connectivity index is 1.49. The molecule has 4 aromatic rings. The van der Waals surface area contributed by atoms with Gasteiger partial charge in [0.25, 0.3) is 0 Å². The average molecular weight is 565 g/mol. The summed E-state index contributed by atoms with van der Waals surface area (Å²) in [4.78, 5) is 44.6. The van der Waals surface area contributed by atoms with Gasteiger partial charge in [-0.2, -0.15) is 0 Å². The van der Waals surface area contributed by atoms with Crippen LogP contribution in [-0.2, 0) is 29.1 Å². The molecular formula is C33H36N6O3. The average Bonchev–Trinajstić information content (AvgIpc) is 3.00. The molecule has 42 heavy (non-hydrogen) atoms. The van der Waals surface area contributed by atoms with Crippen LogP contribution in [0.2, 0.25) is 0 Å². The number of carbonyl (C=O) groups excluding carboxylic acids is 3. The number of nitrogens with zero attached hydrogens (tertiary/aromatic N) is 2. The maximum Gasteiger partial charge on any atom is 0.317 e. The smallest absolute Gasteiger partial charge is 0.317 e. The highest BCUT2D eigenvalue weighted by Gasteiger charge is 2.28. The molecule has 216 valence electrons. The van der Waals surface area contributed by atoms with Crippen molar-refractivity contribution in [3.8, 4) is 0 Å². The molecular weight excluding hydrogens is 528 g/mol. The van der Waals surface area contributed by atoms with Crippen LogP contribution in [0.25, 0.3) is 0 Å². The summed E-state index contributed by atoms with van der Waals surface area (Å²) in [5.41, 5.74) is 10.1. The molecule has 0 fully saturated rings. The van der Waals surface area contributed by atoms with Crippen molar-refractivity contribution >= 4 is 23.7 Å². The molecule has 3 aromatic carbocycles. The zero-order valence-corrected chi connectivity index (χ0v) is 23.8. The van der Waals surface area contributed by atoms with E-state index in [0.29, 0.717) is 12.4 Å². The Morgan fingerprint density at radius 2 is 1.29 bits per heavy atom. The fourth-order valence-corrected chi connectivity index (χ4v) is 4.53. The maximum atomic E-state index is 13.8. The molecule has 5 N–H and O–H groups in total. The summed E-state index contributed by atoms with van der Waals surface area (Å²) >= 11 is 0. The van der Waals surface area contributed by atoms with E-state index in [1.54, 1.807) is 32.4 Å². The molecule has 9 nitrogen and oxygen atoms in total. The van der Waals surface area contributed by atoms with Crippen LogP contribution < -0.4 is 21.7 Å². The normalized spacial score (nSPS) is 11.4. The van der Waals surface area contributed by atoms with E-state index in [-0.39, 0.29) is 30.8 Å². The largest absolute Gasteiger partial charge is 0.384 e. The number of hydrogen-bond donors (Lipinski definition) is 4. The van der Waals surface area contributed by atoms with Gasteiger partial charge in [-0.1, -0.05) is 84.9 Å². The van der Waals surface area contributed by atoms with Crippen molar-refractivity contribution in [1.29, 1.82) is 0 Å². The van der Waals surface area contributed by atoms with Gasteiger partial charge in [0.15, 0.2) is 0 Å². The number of rotatable bonds is 11. The fraction of sp³-hybridized carbons (Fsp3) is 0.212. The van der Waals surface area contributed by atoms with Crippen molar-refractivity contribution < 1.29 is 14.4 Å². The summed E-state index contributed by atoms with van der Waals surface area (Å²) in [5, 5.41) is 8.80. The molecule has 0 aliphatic heterocycles. The summed E-state index contributed by atoms with van der Waals surface area (Å²) in [5.74, 6) is -0.850. The van der Waals surface area contributed by atoms with Crippen molar-refractivity contribution in [3.63, 3.8) is 0 Å². The van der Waals surface area contributed by atoms with Gasteiger partial charge < -0.3 is 26.6 Å². The number of aromatic nitrogens is 1. The van der Waals surface area contributed by atoms with Crippen molar-refractivity contribution in [3.05, 3.63) is 131 Å². The predicted molar refractivity (Wildman–Crippen MR) is 163 cm³/mol. The monoisotopic (exact) mass is 564 g/mol. The molecule has 0 spiro atoms. The molecule has 1 aromatic heterocycles. The second kappa shape index (κ2) is 14.5. The van der Waals surface area contributed by atoms with Gasteiger partial charge in [-0.15, -0.1) is 0 Å². The first-order valence-corrected chi connectivity index (χ1v) is 13.7. The molecule has 0 radical (unpaired) electrons. The molecule has 0 bridgehead atoms. The minimum absolute atomic E-state index is 0.169. The highest BCUT2D eigenvalue weighted by atomic mass is 16.2. The van der Waals surface area contributed by atoms with E-state index in [9.17, 15) is 14.4 Å². The third-order valence-electron chi connectivity index (χ3n) is 6.79. The molecule has 1 atom stereocenters. The highest BCUT2D eigenvalue weighted by molar-refractivity contribution is 5.92. The van der Waals surface area contributed by atoms with Crippen LogP contribution >= 0.6 is 0 Å². The Bertz CT molecular complexity index is 1440. The molecule has 4 rings (SSSR count). The summed E-state index contributed by atoms with van der Waals surface area (Å²) in [6.45, 7) is 0.672. The van der Waals surface area contributed by atoms with Crippen LogP contribution in [0, 0.1) is 0 Å². The Morgan fingerprint density at radius 3 is 1.81 bits per heavy atom. The first kappa shape index (κ1) is 29.8. The Kier molecular flexibility index (Phi) is 10.3. The minimum atomic E-state index is -0.852. The van der Waals surface area contributed by atoms with E-state index in [0.717, 1.165) is 27.8 Å². The summed E-state index contributed by atoms with van der Waals surface area (Å²) in [7, 11) is 3.37. The molecule has 0 aliphatic rings. The molecule has 0 saturated carbocycles. The predicted octanol–water partition coefficient (Wildman–Crippen LogP) is 3.61. The van der Waals surface area contributed by atoms with Gasteiger partial charge in [-0.3, -0.25) is 9.59 Å². The molecule has 0 saturated heterocycles. The lowest BCUT2D eigenvalue weighted by molar-refractivity contribution is -0.129. The fourth-order valence-electron chi connectivity index (χ4n) is 4.53. The number of nitrogens with two attached hydrogens (primary N) is 1. The third kappa shape index (κ3) is 8.41. The minimum Gasteiger partial charge on any atom is -0.384 e. The number of nitrogen functional groups attached to an aromatic ring is 1. The van der Waals surface area contributed by atoms with Crippen LogP contribution in [-0.4, -0.2) is 47.9 Å². The van der Waals surface area contributed by atoms with Crippen LogP contribution in [0.3, 0.4) is 0 Å². The first-order chi connectivity index (χ1) is 20.3. The van der Waals surface area contributed by atoms with Crippen molar-refractivity contribution in [2.24, 2.45) is 0 Å². The number of amides is 4. The van der Waals surface area contributed by atoms with Gasteiger partial charge in [-0.25, -0.2) is 9.78 Å². The van der Waals surface area contributed by atoms with Crippen LogP contribution in [0.15, 0.2) is 103 Å². The molecule has 9 heteroatoms. The lowest BCUT2D eigenvalue weighted by Crippen LogP contribution is -2.49. The van der Waals surface area contributed by atoms with Crippen molar-refractivity contribution in [1.82, 2.24) is 25.8 Å². The highest BCUT2D eigenvalue weighted by Crippen LogP contribution is 2.25. The van der Waals surface area contributed by atoms with Crippen LogP contribution in [0.1, 0.15) is 33.7 Å². The van der Waals surface area contributed by atoms with E-state index < -0.39 is 12.0 Å². The first-order valence-electron chi connectivity index (χ1n) is 13.7.